The van der Waals surface area contributed by atoms with Gasteiger partial charge >= 0.3 is 0 Å². The number of aromatic nitrogens is 1. The summed E-state index contributed by atoms with van der Waals surface area (Å²) in [5.41, 5.74) is 9.08. The zero-order valence-electron chi connectivity index (χ0n) is 19.7. The van der Waals surface area contributed by atoms with Gasteiger partial charge in [0.1, 0.15) is 13.3 Å². The first kappa shape index (κ1) is 27.1. The minimum Gasteiger partial charge on any atom is -0.338 e. The largest absolute Gasteiger partial charge is 0.338 e. The van der Waals surface area contributed by atoms with Crippen molar-refractivity contribution < 1.29 is 8.78 Å². The molecule has 1 aromatic heterocycles. The van der Waals surface area contributed by atoms with Crippen molar-refractivity contribution in [3.63, 3.8) is 0 Å². The van der Waals surface area contributed by atoms with Crippen molar-refractivity contribution in [2.24, 2.45) is 5.92 Å². The van der Waals surface area contributed by atoms with E-state index in [-0.39, 0.29) is 12.5 Å². The Balaban J connectivity index is 3.15. The summed E-state index contributed by atoms with van der Waals surface area (Å²) in [6, 6.07) is 4.97. The van der Waals surface area contributed by atoms with Crippen LogP contribution in [0.4, 0.5) is 14.5 Å². The lowest BCUT2D eigenvalue weighted by molar-refractivity contribution is 0.320. The van der Waals surface area contributed by atoms with Crippen LogP contribution in [0.1, 0.15) is 46.7 Å². The summed E-state index contributed by atoms with van der Waals surface area (Å²) in [7, 11) is 0. The standard InChI is InChI=1S/C25H35F2N5/c1-7-25(21(13-14-28)10-8-9-18(2)3)32(19(4)5)20(6)24-12-11-22(17-29-24)30-31-23(15-26)16-27/h7-12,17-19,23,30-31H,6,13,15-16H2,1-5H3/b9-8+,21-10-,25-7+. The van der Waals surface area contributed by atoms with Crippen molar-refractivity contribution >= 4 is 11.4 Å². The lowest BCUT2D eigenvalue weighted by Gasteiger charge is -2.33. The normalized spacial score (nSPS) is 12.7. The molecule has 0 bridgehead atoms. The summed E-state index contributed by atoms with van der Waals surface area (Å²) in [4.78, 5) is 6.52. The number of halogens is 2. The second-order valence-corrected chi connectivity index (χ2v) is 7.95. The topological polar surface area (TPSA) is 64.0 Å². The van der Waals surface area contributed by atoms with E-state index in [1.165, 1.54) is 0 Å². The fourth-order valence-electron chi connectivity index (χ4n) is 2.99. The van der Waals surface area contributed by atoms with Gasteiger partial charge in [-0.05, 0) is 44.4 Å². The monoisotopic (exact) mass is 443 g/mol. The highest BCUT2D eigenvalue weighted by molar-refractivity contribution is 5.63. The van der Waals surface area contributed by atoms with Gasteiger partial charge < -0.3 is 10.3 Å². The molecule has 7 heteroatoms. The van der Waals surface area contributed by atoms with Crippen molar-refractivity contribution in [2.75, 3.05) is 18.8 Å². The molecule has 0 atom stereocenters. The van der Waals surface area contributed by atoms with Crippen LogP contribution in [0.2, 0.25) is 0 Å². The summed E-state index contributed by atoms with van der Waals surface area (Å²) in [5.74, 6) is 0.413. The first-order chi connectivity index (χ1) is 15.3. The summed E-state index contributed by atoms with van der Waals surface area (Å²) >= 11 is 0. The molecule has 2 N–H and O–H groups in total. The molecule has 0 aliphatic heterocycles. The molecule has 0 radical (unpaired) electrons. The van der Waals surface area contributed by atoms with E-state index in [1.54, 1.807) is 18.3 Å². The van der Waals surface area contributed by atoms with E-state index in [0.717, 1.165) is 11.3 Å². The Bertz CT molecular complexity index is 844. The van der Waals surface area contributed by atoms with Gasteiger partial charge in [0.25, 0.3) is 0 Å². The third-order valence-corrected chi connectivity index (χ3v) is 4.58. The number of nitriles is 1. The van der Waals surface area contributed by atoms with Gasteiger partial charge in [-0.15, -0.1) is 0 Å². The Morgan fingerprint density at radius 3 is 2.41 bits per heavy atom. The Morgan fingerprint density at radius 1 is 1.25 bits per heavy atom. The maximum absolute atomic E-state index is 12.6. The van der Waals surface area contributed by atoms with Gasteiger partial charge in [-0.3, -0.25) is 4.98 Å². The zero-order chi connectivity index (χ0) is 24.1. The molecule has 174 valence electrons. The molecule has 0 aliphatic carbocycles. The summed E-state index contributed by atoms with van der Waals surface area (Å²) < 4.78 is 25.3. The average molecular weight is 444 g/mol. The Morgan fingerprint density at radius 2 is 1.94 bits per heavy atom. The smallest absolute Gasteiger partial charge is 0.109 e. The predicted molar refractivity (Wildman–Crippen MR) is 129 cm³/mol. The fourth-order valence-corrected chi connectivity index (χ4v) is 2.99. The van der Waals surface area contributed by atoms with Gasteiger partial charge in [0, 0.05) is 11.7 Å². The molecule has 0 aliphatic rings. The van der Waals surface area contributed by atoms with Gasteiger partial charge in [0.15, 0.2) is 0 Å². The van der Waals surface area contributed by atoms with E-state index in [1.807, 2.05) is 25.2 Å². The van der Waals surface area contributed by atoms with Crippen molar-refractivity contribution in [3.05, 3.63) is 66.2 Å². The third kappa shape index (κ3) is 8.27. The van der Waals surface area contributed by atoms with Crippen LogP contribution in [0.15, 0.2) is 60.5 Å². The predicted octanol–water partition coefficient (Wildman–Crippen LogP) is 5.94. The number of rotatable bonds is 13. The molecule has 1 heterocycles. The molecule has 0 fully saturated rings. The highest BCUT2D eigenvalue weighted by Gasteiger charge is 2.21. The molecule has 0 spiro atoms. The third-order valence-electron chi connectivity index (χ3n) is 4.58. The van der Waals surface area contributed by atoms with Gasteiger partial charge in [0.05, 0.1) is 41.8 Å². The molecular weight excluding hydrogens is 408 g/mol. The SMILES string of the molecule is C=C(c1ccc(NNC(CF)CF)cn1)N(C(=C/C)/C(=C\C=C\C(C)C)CC#N)C(C)C. The van der Waals surface area contributed by atoms with Gasteiger partial charge in [0.2, 0.25) is 0 Å². The van der Waals surface area contributed by atoms with Gasteiger partial charge in [-0.1, -0.05) is 44.7 Å². The minimum absolute atomic E-state index is 0.0704. The number of allylic oxidation sites excluding steroid dienone is 5. The first-order valence-corrected chi connectivity index (χ1v) is 10.8. The highest BCUT2D eigenvalue weighted by atomic mass is 19.1. The number of nitrogens with zero attached hydrogens (tertiary/aromatic N) is 3. The van der Waals surface area contributed by atoms with Crippen LogP contribution in [0.5, 0.6) is 0 Å². The van der Waals surface area contributed by atoms with Crippen LogP contribution < -0.4 is 10.9 Å². The average Bonchev–Trinajstić information content (AvgIpc) is 2.77. The molecular formula is C25H35F2N5. The van der Waals surface area contributed by atoms with E-state index >= 15 is 0 Å². The van der Waals surface area contributed by atoms with Crippen LogP contribution in [0.3, 0.4) is 0 Å². The molecule has 0 saturated carbocycles. The second-order valence-electron chi connectivity index (χ2n) is 7.95. The van der Waals surface area contributed by atoms with Crippen LogP contribution in [-0.4, -0.2) is 35.3 Å². The Kier molecular flexibility index (Phi) is 12.0. The Hall–Kier alpha value is -2.98. The highest BCUT2D eigenvalue weighted by Crippen LogP contribution is 2.29. The lowest BCUT2D eigenvalue weighted by Crippen LogP contribution is -2.37. The van der Waals surface area contributed by atoms with Gasteiger partial charge in [-0.25, -0.2) is 14.2 Å². The van der Waals surface area contributed by atoms with Crippen molar-refractivity contribution in [1.29, 1.82) is 5.26 Å². The number of anilines is 1. The van der Waals surface area contributed by atoms with Gasteiger partial charge in [-0.2, -0.15) is 5.26 Å². The Labute approximate surface area is 191 Å². The quantitative estimate of drug-likeness (QED) is 0.292. The van der Waals surface area contributed by atoms with Crippen LogP contribution in [-0.2, 0) is 0 Å². The maximum Gasteiger partial charge on any atom is 0.109 e. The number of nitrogens with one attached hydrogen (secondary N) is 2. The number of pyridine rings is 1. The molecule has 1 rings (SSSR count). The van der Waals surface area contributed by atoms with Crippen molar-refractivity contribution in [1.82, 2.24) is 15.3 Å². The van der Waals surface area contributed by atoms with E-state index in [2.05, 4.69) is 67.2 Å². The van der Waals surface area contributed by atoms with Crippen LogP contribution >= 0.6 is 0 Å². The lowest BCUT2D eigenvalue weighted by atomic mass is 10.0. The number of hydrogen-bond acceptors (Lipinski definition) is 5. The number of hydrazine groups is 1. The fraction of sp³-hybridized carbons (Fsp3) is 0.440. The van der Waals surface area contributed by atoms with Crippen molar-refractivity contribution in [3.8, 4) is 6.07 Å². The minimum atomic E-state index is -0.909. The molecule has 5 nitrogen and oxygen atoms in total. The molecule has 1 aromatic rings. The van der Waals surface area contributed by atoms with Crippen LogP contribution in [0.25, 0.3) is 5.70 Å². The molecule has 0 saturated heterocycles. The summed E-state index contributed by atoms with van der Waals surface area (Å²) in [5, 5.41) is 9.37. The van der Waals surface area contributed by atoms with E-state index in [9.17, 15) is 14.0 Å². The first-order valence-electron chi connectivity index (χ1n) is 10.8. The molecule has 32 heavy (non-hydrogen) atoms. The summed E-state index contributed by atoms with van der Waals surface area (Å²) in [6.45, 7) is 12.9. The van der Waals surface area contributed by atoms with Crippen molar-refractivity contribution in [2.45, 2.75) is 53.1 Å². The van der Waals surface area contributed by atoms with E-state index in [4.69, 9.17) is 0 Å². The second kappa shape index (κ2) is 14.2. The molecule has 0 aromatic carbocycles. The maximum atomic E-state index is 12.6. The number of alkyl halides is 2. The molecule has 0 amide bonds. The van der Waals surface area contributed by atoms with Crippen LogP contribution in [0, 0.1) is 17.2 Å². The number of hydrogen-bond donors (Lipinski definition) is 2. The van der Waals surface area contributed by atoms with E-state index < -0.39 is 19.4 Å². The molecule has 0 unspecified atom stereocenters. The summed E-state index contributed by atoms with van der Waals surface area (Å²) in [6.07, 6.45) is 9.86. The van der Waals surface area contributed by atoms with E-state index in [0.29, 0.717) is 23.0 Å². The zero-order valence-corrected chi connectivity index (χ0v) is 19.7.